The quantitative estimate of drug-likeness (QED) is 0.788. The van der Waals surface area contributed by atoms with Crippen molar-refractivity contribution in [2.24, 2.45) is 5.92 Å². The summed E-state index contributed by atoms with van der Waals surface area (Å²) in [4.78, 5) is 2.65. The minimum absolute atomic E-state index is 0.551. The molecule has 1 fully saturated rings. The van der Waals surface area contributed by atoms with Crippen LogP contribution >= 0.6 is 0 Å². The van der Waals surface area contributed by atoms with Crippen molar-refractivity contribution in [2.75, 3.05) is 26.2 Å². The van der Waals surface area contributed by atoms with E-state index in [2.05, 4.69) is 54.4 Å². The molecular weight excluding hydrogens is 232 g/mol. The number of benzene rings is 1. The molecule has 19 heavy (non-hydrogen) atoms. The molecule has 0 saturated carbocycles. The zero-order chi connectivity index (χ0) is 13.5. The second kappa shape index (κ2) is 7.66. The van der Waals surface area contributed by atoms with Crippen LogP contribution in [-0.4, -0.2) is 31.1 Å². The maximum Gasteiger partial charge on any atom is 0.0320 e. The lowest BCUT2D eigenvalue weighted by molar-refractivity contribution is 0.130. The molecule has 0 spiro atoms. The topological polar surface area (TPSA) is 15.3 Å². The normalized spacial score (nSPS) is 22.3. The maximum absolute atomic E-state index is 3.58. The highest BCUT2D eigenvalue weighted by atomic mass is 15.2. The highest BCUT2D eigenvalue weighted by Gasteiger charge is 2.23. The van der Waals surface area contributed by atoms with Crippen LogP contribution in [0, 0.1) is 5.92 Å². The summed E-state index contributed by atoms with van der Waals surface area (Å²) in [6, 6.07) is 11.5. The van der Waals surface area contributed by atoms with Crippen molar-refractivity contribution in [1.29, 1.82) is 0 Å². The first-order valence-electron chi connectivity index (χ1n) is 7.81. The number of piperidine rings is 1. The Bertz CT molecular complexity index is 350. The van der Waals surface area contributed by atoms with Gasteiger partial charge in [0.1, 0.15) is 0 Å². The molecule has 0 aliphatic carbocycles. The second-order valence-electron chi connectivity index (χ2n) is 5.79. The monoisotopic (exact) mass is 260 g/mol. The van der Waals surface area contributed by atoms with Crippen molar-refractivity contribution in [3.63, 3.8) is 0 Å². The van der Waals surface area contributed by atoms with Gasteiger partial charge in [0, 0.05) is 12.6 Å². The van der Waals surface area contributed by atoms with Gasteiger partial charge < -0.3 is 5.32 Å². The van der Waals surface area contributed by atoms with Crippen LogP contribution in [0.3, 0.4) is 0 Å². The number of hydrogen-bond acceptors (Lipinski definition) is 2. The predicted octanol–water partition coefficient (Wildman–Crippen LogP) is 3.46. The van der Waals surface area contributed by atoms with Gasteiger partial charge in [0.15, 0.2) is 0 Å². The number of nitrogens with one attached hydrogen (secondary N) is 1. The molecule has 2 atom stereocenters. The first kappa shape index (κ1) is 14.5. The van der Waals surface area contributed by atoms with E-state index < -0.39 is 0 Å². The SMILES string of the molecule is CCCNCC1CCCN(C(C)c2ccccc2)C1. The van der Waals surface area contributed by atoms with Crippen LogP contribution < -0.4 is 5.32 Å². The molecule has 1 saturated heterocycles. The smallest absolute Gasteiger partial charge is 0.0320 e. The molecule has 1 aliphatic heterocycles. The van der Waals surface area contributed by atoms with Gasteiger partial charge >= 0.3 is 0 Å². The molecule has 2 heteroatoms. The maximum atomic E-state index is 3.58. The third-order valence-corrected chi connectivity index (χ3v) is 4.24. The molecule has 0 radical (unpaired) electrons. The first-order chi connectivity index (χ1) is 9.31. The Hall–Kier alpha value is -0.860. The zero-order valence-corrected chi connectivity index (χ0v) is 12.4. The van der Waals surface area contributed by atoms with Crippen LogP contribution in [0.4, 0.5) is 0 Å². The van der Waals surface area contributed by atoms with E-state index in [-0.39, 0.29) is 0 Å². The summed E-state index contributed by atoms with van der Waals surface area (Å²) in [6.07, 6.45) is 3.96. The van der Waals surface area contributed by atoms with Gasteiger partial charge in [0.2, 0.25) is 0 Å². The Kier molecular flexibility index (Phi) is 5.87. The molecular formula is C17H28N2. The van der Waals surface area contributed by atoms with E-state index in [1.165, 1.54) is 44.5 Å². The van der Waals surface area contributed by atoms with Crippen molar-refractivity contribution in [1.82, 2.24) is 10.2 Å². The van der Waals surface area contributed by atoms with E-state index in [9.17, 15) is 0 Å². The van der Waals surface area contributed by atoms with E-state index in [0.717, 1.165) is 12.5 Å². The Morgan fingerprint density at radius 2 is 2.11 bits per heavy atom. The zero-order valence-electron chi connectivity index (χ0n) is 12.4. The lowest BCUT2D eigenvalue weighted by Crippen LogP contribution is -2.40. The van der Waals surface area contributed by atoms with Gasteiger partial charge in [0.25, 0.3) is 0 Å². The summed E-state index contributed by atoms with van der Waals surface area (Å²) >= 11 is 0. The van der Waals surface area contributed by atoms with Crippen molar-refractivity contribution in [2.45, 2.75) is 39.2 Å². The summed E-state index contributed by atoms with van der Waals surface area (Å²) < 4.78 is 0. The van der Waals surface area contributed by atoms with Crippen molar-refractivity contribution < 1.29 is 0 Å². The number of hydrogen-bond donors (Lipinski definition) is 1. The highest BCUT2D eigenvalue weighted by molar-refractivity contribution is 5.18. The first-order valence-corrected chi connectivity index (χ1v) is 7.81. The average Bonchev–Trinajstić information content (AvgIpc) is 2.48. The summed E-state index contributed by atoms with van der Waals surface area (Å²) in [5.41, 5.74) is 1.45. The van der Waals surface area contributed by atoms with E-state index in [4.69, 9.17) is 0 Å². The minimum atomic E-state index is 0.551. The molecule has 1 aromatic carbocycles. The van der Waals surface area contributed by atoms with Crippen LogP contribution in [0.25, 0.3) is 0 Å². The Morgan fingerprint density at radius 1 is 1.32 bits per heavy atom. The van der Waals surface area contributed by atoms with E-state index in [0.29, 0.717) is 6.04 Å². The molecule has 0 aromatic heterocycles. The fourth-order valence-corrected chi connectivity index (χ4v) is 3.04. The van der Waals surface area contributed by atoms with Gasteiger partial charge in [-0.05, 0) is 57.3 Å². The van der Waals surface area contributed by atoms with Crippen LogP contribution in [0.1, 0.15) is 44.7 Å². The van der Waals surface area contributed by atoms with Crippen LogP contribution in [-0.2, 0) is 0 Å². The third kappa shape index (κ3) is 4.32. The standard InChI is InChI=1S/C17H28N2/c1-3-11-18-13-16-8-7-12-19(14-16)15(2)17-9-5-4-6-10-17/h4-6,9-10,15-16,18H,3,7-8,11-14H2,1-2H3. The molecule has 0 amide bonds. The second-order valence-corrected chi connectivity index (χ2v) is 5.79. The van der Waals surface area contributed by atoms with Gasteiger partial charge in [-0.25, -0.2) is 0 Å². The molecule has 1 heterocycles. The Labute approximate surface area is 118 Å². The Balaban J connectivity index is 1.86. The number of nitrogens with zero attached hydrogens (tertiary/aromatic N) is 1. The summed E-state index contributed by atoms with van der Waals surface area (Å²) in [6.45, 7) is 9.42. The van der Waals surface area contributed by atoms with E-state index in [1.54, 1.807) is 0 Å². The lowest BCUT2D eigenvalue weighted by atomic mass is 9.95. The van der Waals surface area contributed by atoms with Crippen molar-refractivity contribution >= 4 is 0 Å². The van der Waals surface area contributed by atoms with Crippen LogP contribution in [0.5, 0.6) is 0 Å². The molecule has 2 rings (SSSR count). The van der Waals surface area contributed by atoms with Gasteiger partial charge in [-0.15, -0.1) is 0 Å². The highest BCUT2D eigenvalue weighted by Crippen LogP contribution is 2.26. The number of rotatable bonds is 6. The molecule has 1 aromatic rings. The summed E-state index contributed by atoms with van der Waals surface area (Å²) in [5, 5.41) is 3.58. The average molecular weight is 260 g/mol. The minimum Gasteiger partial charge on any atom is -0.316 e. The fourth-order valence-electron chi connectivity index (χ4n) is 3.04. The van der Waals surface area contributed by atoms with Crippen molar-refractivity contribution in [3.05, 3.63) is 35.9 Å². The van der Waals surface area contributed by atoms with Gasteiger partial charge in [0.05, 0.1) is 0 Å². The summed E-state index contributed by atoms with van der Waals surface area (Å²) in [7, 11) is 0. The van der Waals surface area contributed by atoms with Crippen LogP contribution in [0.2, 0.25) is 0 Å². The fraction of sp³-hybridized carbons (Fsp3) is 0.647. The molecule has 1 N–H and O–H groups in total. The van der Waals surface area contributed by atoms with E-state index in [1.807, 2.05) is 0 Å². The van der Waals surface area contributed by atoms with Gasteiger partial charge in [-0.1, -0.05) is 37.3 Å². The third-order valence-electron chi connectivity index (χ3n) is 4.24. The van der Waals surface area contributed by atoms with Gasteiger partial charge in [-0.2, -0.15) is 0 Å². The Morgan fingerprint density at radius 3 is 2.84 bits per heavy atom. The molecule has 1 aliphatic rings. The lowest BCUT2D eigenvalue weighted by Gasteiger charge is -2.37. The summed E-state index contributed by atoms with van der Waals surface area (Å²) in [5.74, 6) is 0.825. The molecule has 106 valence electrons. The van der Waals surface area contributed by atoms with E-state index >= 15 is 0 Å². The molecule has 2 nitrogen and oxygen atoms in total. The molecule has 2 unspecified atom stereocenters. The van der Waals surface area contributed by atoms with Crippen molar-refractivity contribution in [3.8, 4) is 0 Å². The predicted molar refractivity (Wildman–Crippen MR) is 82.3 cm³/mol. The molecule has 0 bridgehead atoms. The van der Waals surface area contributed by atoms with Crippen LogP contribution in [0.15, 0.2) is 30.3 Å². The largest absolute Gasteiger partial charge is 0.316 e. The number of likely N-dealkylation sites (tertiary alicyclic amines) is 1. The van der Waals surface area contributed by atoms with Gasteiger partial charge in [-0.3, -0.25) is 4.90 Å².